The van der Waals surface area contributed by atoms with Crippen LogP contribution in [0.4, 0.5) is 0 Å². The second kappa shape index (κ2) is 4.73. The van der Waals surface area contributed by atoms with Crippen molar-refractivity contribution in [3.05, 3.63) is 12.2 Å². The van der Waals surface area contributed by atoms with Crippen molar-refractivity contribution in [2.24, 2.45) is 23.7 Å². The van der Waals surface area contributed by atoms with E-state index in [1.807, 2.05) is 0 Å². The normalized spacial score (nSPS) is 39.2. The van der Waals surface area contributed by atoms with Crippen LogP contribution < -0.4 is 0 Å². The number of hydrogen-bond acceptors (Lipinski definition) is 1. The zero-order chi connectivity index (χ0) is 11.7. The lowest BCUT2D eigenvalue weighted by atomic mass is 9.79. The number of rotatable bonds is 3. The smallest absolute Gasteiger partial charge is 0.135 e. The predicted molar refractivity (Wildman–Crippen MR) is 67.2 cm³/mol. The lowest BCUT2D eigenvalue weighted by Crippen LogP contribution is -2.20. The Bertz CT molecular complexity index is 292. The van der Waals surface area contributed by atoms with Crippen LogP contribution >= 0.6 is 0 Å². The second-order valence-corrected chi connectivity index (χ2v) is 5.96. The average molecular weight is 220 g/mol. The highest BCUT2D eigenvalue weighted by Gasteiger charge is 2.37. The number of ketones is 1. The van der Waals surface area contributed by atoms with Crippen molar-refractivity contribution in [2.45, 2.75) is 52.4 Å². The lowest BCUT2D eigenvalue weighted by Gasteiger charge is -2.25. The molecule has 90 valence electrons. The summed E-state index contributed by atoms with van der Waals surface area (Å²) in [6.45, 7) is 8.64. The zero-order valence-corrected chi connectivity index (χ0v) is 10.7. The Labute approximate surface area is 99.3 Å². The summed E-state index contributed by atoms with van der Waals surface area (Å²) in [6.07, 6.45) is 6.86. The van der Waals surface area contributed by atoms with Crippen LogP contribution in [0.2, 0.25) is 0 Å². The Balaban J connectivity index is 2.01. The molecule has 4 atom stereocenters. The van der Waals surface area contributed by atoms with Gasteiger partial charge in [-0.05, 0) is 56.8 Å². The van der Waals surface area contributed by atoms with Crippen LogP contribution in [0.15, 0.2) is 12.2 Å². The van der Waals surface area contributed by atoms with E-state index >= 15 is 0 Å². The molecule has 4 unspecified atom stereocenters. The molecular formula is C15H24O. The van der Waals surface area contributed by atoms with Gasteiger partial charge in [-0.25, -0.2) is 0 Å². The molecule has 0 aromatic heterocycles. The Morgan fingerprint density at radius 2 is 2.12 bits per heavy atom. The van der Waals surface area contributed by atoms with E-state index in [2.05, 4.69) is 20.4 Å². The summed E-state index contributed by atoms with van der Waals surface area (Å²) in [4.78, 5) is 11.7. The van der Waals surface area contributed by atoms with Crippen molar-refractivity contribution < 1.29 is 4.79 Å². The molecule has 2 rings (SSSR count). The first kappa shape index (κ1) is 11.9. The van der Waals surface area contributed by atoms with Crippen LogP contribution in [0.25, 0.3) is 0 Å². The monoisotopic (exact) mass is 220 g/mol. The van der Waals surface area contributed by atoms with Crippen molar-refractivity contribution in [2.75, 3.05) is 0 Å². The summed E-state index contributed by atoms with van der Waals surface area (Å²) in [5, 5.41) is 0. The number of Topliss-reactive ketones (excluding diaryl/α,β-unsaturated/α-hetero) is 1. The third kappa shape index (κ3) is 2.23. The minimum absolute atomic E-state index is 0.382. The SMILES string of the molecule is C=C(C)C1CCC(C)C1CC1CCCC1=O. The summed E-state index contributed by atoms with van der Waals surface area (Å²) in [6, 6.07) is 0. The maximum atomic E-state index is 11.7. The fraction of sp³-hybridized carbons (Fsp3) is 0.800. The molecule has 0 spiro atoms. The maximum Gasteiger partial charge on any atom is 0.135 e. The molecule has 2 aliphatic carbocycles. The maximum absolute atomic E-state index is 11.7. The molecule has 0 aromatic rings. The summed E-state index contributed by atoms with van der Waals surface area (Å²) >= 11 is 0. The van der Waals surface area contributed by atoms with Gasteiger partial charge >= 0.3 is 0 Å². The van der Waals surface area contributed by atoms with Gasteiger partial charge in [0, 0.05) is 12.3 Å². The minimum Gasteiger partial charge on any atom is -0.299 e. The molecule has 0 aliphatic heterocycles. The van der Waals surface area contributed by atoms with E-state index in [0.29, 0.717) is 17.6 Å². The van der Waals surface area contributed by atoms with E-state index in [-0.39, 0.29) is 0 Å². The third-order valence-electron chi connectivity index (χ3n) is 4.80. The summed E-state index contributed by atoms with van der Waals surface area (Å²) < 4.78 is 0. The third-order valence-corrected chi connectivity index (χ3v) is 4.80. The number of hydrogen-bond donors (Lipinski definition) is 0. The number of carbonyl (C=O) groups excluding carboxylic acids is 1. The molecule has 2 saturated carbocycles. The van der Waals surface area contributed by atoms with Gasteiger partial charge in [-0.3, -0.25) is 4.79 Å². The first-order valence-corrected chi connectivity index (χ1v) is 6.77. The quantitative estimate of drug-likeness (QED) is 0.657. The Morgan fingerprint density at radius 3 is 2.69 bits per heavy atom. The molecule has 0 bridgehead atoms. The highest BCUT2D eigenvalue weighted by atomic mass is 16.1. The summed E-state index contributed by atoms with van der Waals surface area (Å²) in [7, 11) is 0. The predicted octanol–water partition coefficient (Wildman–Crippen LogP) is 3.98. The molecule has 0 aromatic carbocycles. The van der Waals surface area contributed by atoms with Crippen molar-refractivity contribution in [1.29, 1.82) is 0 Å². The minimum atomic E-state index is 0.382. The largest absolute Gasteiger partial charge is 0.299 e. The molecule has 0 heterocycles. The molecule has 2 aliphatic rings. The Kier molecular flexibility index (Phi) is 3.51. The van der Waals surface area contributed by atoms with E-state index in [4.69, 9.17) is 0 Å². The van der Waals surface area contributed by atoms with Crippen LogP contribution in [-0.4, -0.2) is 5.78 Å². The van der Waals surface area contributed by atoms with Crippen LogP contribution in [0.5, 0.6) is 0 Å². The highest BCUT2D eigenvalue weighted by molar-refractivity contribution is 5.82. The van der Waals surface area contributed by atoms with Crippen molar-refractivity contribution in [3.63, 3.8) is 0 Å². The van der Waals surface area contributed by atoms with Gasteiger partial charge in [0.1, 0.15) is 5.78 Å². The van der Waals surface area contributed by atoms with E-state index in [0.717, 1.165) is 37.5 Å². The lowest BCUT2D eigenvalue weighted by molar-refractivity contribution is -0.121. The molecule has 0 amide bonds. The molecule has 0 saturated heterocycles. The molecule has 1 heteroatoms. The fourth-order valence-corrected chi connectivity index (χ4v) is 3.74. The molecule has 1 nitrogen and oxygen atoms in total. The Hall–Kier alpha value is -0.590. The highest BCUT2D eigenvalue weighted by Crippen LogP contribution is 2.45. The average Bonchev–Trinajstić information content (AvgIpc) is 2.76. The first-order valence-electron chi connectivity index (χ1n) is 6.77. The van der Waals surface area contributed by atoms with Crippen LogP contribution in [-0.2, 0) is 4.79 Å². The molecule has 0 N–H and O–H groups in total. The van der Waals surface area contributed by atoms with Gasteiger partial charge < -0.3 is 0 Å². The van der Waals surface area contributed by atoms with Gasteiger partial charge in [0.15, 0.2) is 0 Å². The number of allylic oxidation sites excluding steroid dienone is 1. The topological polar surface area (TPSA) is 17.1 Å². The van der Waals surface area contributed by atoms with E-state index < -0.39 is 0 Å². The van der Waals surface area contributed by atoms with Gasteiger partial charge in [0.2, 0.25) is 0 Å². The van der Waals surface area contributed by atoms with E-state index in [1.165, 1.54) is 18.4 Å². The zero-order valence-electron chi connectivity index (χ0n) is 10.7. The molecule has 16 heavy (non-hydrogen) atoms. The standard InChI is InChI=1S/C15H24O/c1-10(2)13-8-7-11(3)14(13)9-12-5-4-6-15(12)16/h11-14H,1,4-9H2,2-3H3. The first-order chi connectivity index (χ1) is 7.59. The van der Waals surface area contributed by atoms with Gasteiger partial charge in [-0.2, -0.15) is 0 Å². The fourth-order valence-electron chi connectivity index (χ4n) is 3.74. The van der Waals surface area contributed by atoms with Crippen LogP contribution in [0.1, 0.15) is 52.4 Å². The van der Waals surface area contributed by atoms with Crippen LogP contribution in [0, 0.1) is 23.7 Å². The number of carbonyl (C=O) groups is 1. The second-order valence-electron chi connectivity index (χ2n) is 5.96. The van der Waals surface area contributed by atoms with E-state index in [9.17, 15) is 4.79 Å². The van der Waals surface area contributed by atoms with Gasteiger partial charge in [0.25, 0.3) is 0 Å². The summed E-state index contributed by atoms with van der Waals surface area (Å²) in [5.41, 5.74) is 1.33. The van der Waals surface area contributed by atoms with Gasteiger partial charge in [-0.15, -0.1) is 0 Å². The summed E-state index contributed by atoms with van der Waals surface area (Å²) in [5.74, 6) is 3.11. The van der Waals surface area contributed by atoms with Gasteiger partial charge in [0.05, 0.1) is 0 Å². The van der Waals surface area contributed by atoms with Crippen molar-refractivity contribution in [3.8, 4) is 0 Å². The van der Waals surface area contributed by atoms with Crippen molar-refractivity contribution in [1.82, 2.24) is 0 Å². The van der Waals surface area contributed by atoms with Gasteiger partial charge in [-0.1, -0.05) is 19.1 Å². The van der Waals surface area contributed by atoms with Crippen molar-refractivity contribution >= 4 is 5.78 Å². The van der Waals surface area contributed by atoms with E-state index in [1.54, 1.807) is 0 Å². The molecular weight excluding hydrogens is 196 g/mol. The molecule has 2 fully saturated rings. The Morgan fingerprint density at radius 1 is 1.38 bits per heavy atom. The van der Waals surface area contributed by atoms with Crippen LogP contribution in [0.3, 0.4) is 0 Å². The molecule has 0 radical (unpaired) electrons.